The van der Waals surface area contributed by atoms with E-state index in [2.05, 4.69) is 15.1 Å². The predicted octanol–water partition coefficient (Wildman–Crippen LogP) is 3.12. The van der Waals surface area contributed by atoms with Gasteiger partial charge in [0, 0.05) is 5.69 Å². The third kappa shape index (κ3) is 2.25. The van der Waals surface area contributed by atoms with Gasteiger partial charge in [-0.1, -0.05) is 22.9 Å². The Morgan fingerprint density at radius 3 is 2.70 bits per heavy atom. The molecule has 20 heavy (non-hydrogen) atoms. The lowest BCUT2D eigenvalue weighted by Crippen LogP contribution is -1.88. The zero-order chi connectivity index (χ0) is 14.1. The number of nitrogens with zero attached hydrogens (tertiary/aromatic N) is 3. The first-order valence-electron chi connectivity index (χ1n) is 6.21. The lowest BCUT2D eigenvalue weighted by atomic mass is 10.1. The highest BCUT2D eigenvalue weighted by Crippen LogP contribution is 2.29. The van der Waals surface area contributed by atoms with Crippen molar-refractivity contribution in [1.82, 2.24) is 15.1 Å². The van der Waals surface area contributed by atoms with E-state index in [1.807, 2.05) is 38.1 Å². The highest BCUT2D eigenvalue weighted by molar-refractivity contribution is 5.64. The number of hydrogen-bond acceptors (Lipinski definition) is 5. The van der Waals surface area contributed by atoms with Crippen LogP contribution in [-0.4, -0.2) is 20.2 Å². The molecule has 0 amide bonds. The third-order valence-electron chi connectivity index (χ3n) is 2.93. The largest absolute Gasteiger partial charge is 0.507 e. The number of aromatic nitrogens is 3. The van der Waals surface area contributed by atoms with Crippen molar-refractivity contribution in [3.8, 4) is 28.7 Å². The van der Waals surface area contributed by atoms with E-state index in [0.29, 0.717) is 17.1 Å². The molecule has 1 N–H and O–H groups in total. The molecule has 2 aromatic heterocycles. The molecular weight excluding hydrogens is 254 g/mol. The number of phenolic OH excluding ortho intramolecular Hbond substituents is 1. The van der Waals surface area contributed by atoms with Gasteiger partial charge in [-0.2, -0.15) is 4.98 Å². The maximum absolute atomic E-state index is 9.87. The Bertz CT molecular complexity index is 765. The van der Waals surface area contributed by atoms with Gasteiger partial charge in [-0.05, 0) is 38.1 Å². The van der Waals surface area contributed by atoms with Gasteiger partial charge < -0.3 is 9.63 Å². The van der Waals surface area contributed by atoms with Crippen LogP contribution in [0, 0.1) is 13.8 Å². The summed E-state index contributed by atoms with van der Waals surface area (Å²) in [6, 6.07) is 10.8. The molecule has 0 saturated heterocycles. The highest BCUT2D eigenvalue weighted by Gasteiger charge is 2.14. The van der Waals surface area contributed by atoms with Crippen LogP contribution in [0.25, 0.3) is 23.0 Å². The summed E-state index contributed by atoms with van der Waals surface area (Å²) in [6.07, 6.45) is 0. The summed E-state index contributed by atoms with van der Waals surface area (Å²) in [5.74, 6) is 0.803. The topological polar surface area (TPSA) is 72.0 Å². The molecule has 0 bridgehead atoms. The van der Waals surface area contributed by atoms with Crippen LogP contribution in [0.15, 0.2) is 40.9 Å². The van der Waals surface area contributed by atoms with E-state index < -0.39 is 0 Å². The molecule has 0 atom stereocenters. The van der Waals surface area contributed by atoms with Gasteiger partial charge in [-0.15, -0.1) is 0 Å². The molecule has 0 unspecified atom stereocenters. The van der Waals surface area contributed by atoms with E-state index in [4.69, 9.17) is 4.52 Å². The van der Waals surface area contributed by atoms with Crippen LogP contribution in [0.2, 0.25) is 0 Å². The van der Waals surface area contributed by atoms with Crippen molar-refractivity contribution in [2.75, 3.05) is 0 Å². The van der Waals surface area contributed by atoms with Gasteiger partial charge in [0.05, 0.1) is 5.56 Å². The van der Waals surface area contributed by atoms with Crippen LogP contribution < -0.4 is 0 Å². The number of rotatable bonds is 2. The number of pyridine rings is 1. The van der Waals surface area contributed by atoms with Gasteiger partial charge >= 0.3 is 0 Å². The predicted molar refractivity (Wildman–Crippen MR) is 74.1 cm³/mol. The Balaban J connectivity index is 2.04. The fourth-order valence-corrected chi connectivity index (χ4v) is 1.93. The zero-order valence-electron chi connectivity index (χ0n) is 11.2. The molecule has 0 aliphatic rings. The summed E-state index contributed by atoms with van der Waals surface area (Å²) in [6.45, 7) is 3.83. The number of phenols is 1. The molecule has 0 saturated carbocycles. The molecule has 0 aliphatic carbocycles. The fraction of sp³-hybridized carbons (Fsp3) is 0.133. The Morgan fingerprint density at radius 2 is 1.90 bits per heavy atom. The lowest BCUT2D eigenvalue weighted by Gasteiger charge is -2.00. The Morgan fingerprint density at radius 1 is 1.05 bits per heavy atom. The van der Waals surface area contributed by atoms with E-state index in [1.165, 1.54) is 0 Å². The van der Waals surface area contributed by atoms with Crippen LogP contribution in [0.4, 0.5) is 0 Å². The summed E-state index contributed by atoms with van der Waals surface area (Å²) in [4.78, 5) is 8.64. The van der Waals surface area contributed by atoms with E-state index in [-0.39, 0.29) is 11.6 Å². The SMILES string of the molecule is Cc1ccc(O)c(-c2nc(-c3cccc(C)n3)no2)c1. The normalized spacial score (nSPS) is 10.7. The molecule has 5 heteroatoms. The standard InChI is InChI=1S/C15H13N3O2/c1-9-6-7-13(19)11(8-9)15-17-14(18-20-15)12-5-3-4-10(2)16-12/h3-8,19H,1-2H3. The van der Waals surface area contributed by atoms with Crippen LogP contribution in [0.5, 0.6) is 5.75 Å². The monoisotopic (exact) mass is 267 g/mol. The van der Waals surface area contributed by atoms with E-state index in [1.54, 1.807) is 12.1 Å². The first-order valence-corrected chi connectivity index (χ1v) is 6.21. The van der Waals surface area contributed by atoms with Crippen LogP contribution in [0.3, 0.4) is 0 Å². The van der Waals surface area contributed by atoms with Crippen molar-refractivity contribution >= 4 is 0 Å². The molecule has 100 valence electrons. The van der Waals surface area contributed by atoms with Crippen LogP contribution >= 0.6 is 0 Å². The van der Waals surface area contributed by atoms with Crippen molar-refractivity contribution in [3.05, 3.63) is 47.7 Å². The summed E-state index contributed by atoms with van der Waals surface area (Å²) in [5, 5.41) is 13.8. The van der Waals surface area contributed by atoms with Crippen molar-refractivity contribution in [3.63, 3.8) is 0 Å². The van der Waals surface area contributed by atoms with E-state index in [9.17, 15) is 5.11 Å². The first kappa shape index (κ1) is 12.3. The highest BCUT2D eigenvalue weighted by atomic mass is 16.5. The quantitative estimate of drug-likeness (QED) is 0.772. The van der Waals surface area contributed by atoms with Gasteiger partial charge in [-0.25, -0.2) is 4.98 Å². The van der Waals surface area contributed by atoms with Gasteiger partial charge in [0.1, 0.15) is 11.4 Å². The zero-order valence-corrected chi connectivity index (χ0v) is 11.2. The average molecular weight is 267 g/mol. The summed E-state index contributed by atoms with van der Waals surface area (Å²) in [7, 11) is 0. The van der Waals surface area contributed by atoms with Gasteiger partial charge in [0.25, 0.3) is 5.89 Å². The maximum atomic E-state index is 9.87. The van der Waals surface area contributed by atoms with Crippen LogP contribution in [0.1, 0.15) is 11.3 Å². The summed E-state index contributed by atoms with van der Waals surface area (Å²) in [5.41, 5.74) is 3.06. The average Bonchev–Trinajstić information content (AvgIpc) is 2.91. The Hall–Kier alpha value is -2.69. The molecule has 0 spiro atoms. The van der Waals surface area contributed by atoms with Crippen LogP contribution in [-0.2, 0) is 0 Å². The molecular formula is C15H13N3O2. The minimum atomic E-state index is 0.114. The Kier molecular flexibility index (Phi) is 2.95. The van der Waals surface area contributed by atoms with Crippen molar-refractivity contribution in [2.45, 2.75) is 13.8 Å². The molecule has 0 fully saturated rings. The first-order chi connectivity index (χ1) is 9.63. The van der Waals surface area contributed by atoms with E-state index in [0.717, 1.165) is 11.3 Å². The number of hydrogen-bond donors (Lipinski definition) is 1. The maximum Gasteiger partial charge on any atom is 0.262 e. The van der Waals surface area contributed by atoms with Crippen molar-refractivity contribution in [1.29, 1.82) is 0 Å². The molecule has 0 aliphatic heterocycles. The second-order valence-corrected chi connectivity index (χ2v) is 4.61. The molecule has 2 heterocycles. The Labute approximate surface area is 115 Å². The molecule has 1 aromatic carbocycles. The van der Waals surface area contributed by atoms with Gasteiger partial charge in [0.2, 0.25) is 5.82 Å². The molecule has 3 rings (SSSR count). The lowest BCUT2D eigenvalue weighted by molar-refractivity contribution is 0.425. The van der Waals surface area contributed by atoms with Gasteiger partial charge in [0.15, 0.2) is 0 Å². The summed E-state index contributed by atoms with van der Waals surface area (Å²) < 4.78 is 5.22. The van der Waals surface area contributed by atoms with Crippen molar-refractivity contribution < 1.29 is 9.63 Å². The van der Waals surface area contributed by atoms with E-state index >= 15 is 0 Å². The second kappa shape index (κ2) is 4.77. The third-order valence-corrected chi connectivity index (χ3v) is 2.93. The fourth-order valence-electron chi connectivity index (χ4n) is 1.93. The number of aryl methyl sites for hydroxylation is 2. The van der Waals surface area contributed by atoms with Crippen molar-refractivity contribution in [2.24, 2.45) is 0 Å². The number of benzene rings is 1. The number of aromatic hydroxyl groups is 1. The molecule has 5 nitrogen and oxygen atoms in total. The second-order valence-electron chi connectivity index (χ2n) is 4.61. The summed E-state index contributed by atoms with van der Waals surface area (Å²) >= 11 is 0. The minimum absolute atomic E-state index is 0.114. The van der Waals surface area contributed by atoms with Gasteiger partial charge in [-0.3, -0.25) is 0 Å². The molecule has 0 radical (unpaired) electrons. The molecule has 3 aromatic rings. The smallest absolute Gasteiger partial charge is 0.262 e. The minimum Gasteiger partial charge on any atom is -0.507 e.